The second-order valence-electron chi connectivity index (χ2n) is 7.99. The number of halogens is 8. The minimum absolute atomic E-state index is 0.492. The molecule has 0 aromatic heterocycles. The van der Waals surface area contributed by atoms with E-state index in [0.717, 1.165) is 0 Å². The lowest BCUT2D eigenvalue weighted by atomic mass is 9.80. The number of rotatable bonds is 5. The minimum Gasteiger partial charge on any atom is -0.223 e. The van der Waals surface area contributed by atoms with E-state index in [1.165, 1.54) is 4.72 Å². The van der Waals surface area contributed by atoms with Gasteiger partial charge < -0.3 is 0 Å². The zero-order valence-electron chi connectivity index (χ0n) is 17.4. The standard InChI is InChI=1S/C20H17F8NO4S2/c21-13-3-6-17(22)16(11-13)18(9-7-14(8-10-18)29-35(32,33)20(26,27)28)34(30,31)15-4-1-12(2-5-15)19(23,24)25/h1-6,11,14,29H,7-10H2. The molecule has 194 valence electrons. The molecule has 0 radical (unpaired) electrons. The molecule has 0 bridgehead atoms. The summed E-state index contributed by atoms with van der Waals surface area (Å²) >= 11 is 0. The van der Waals surface area contributed by atoms with Gasteiger partial charge in [0.1, 0.15) is 16.4 Å². The predicted octanol–water partition coefficient (Wildman–Crippen LogP) is 5.03. The highest BCUT2D eigenvalue weighted by Crippen LogP contribution is 2.48. The maximum absolute atomic E-state index is 14.7. The lowest BCUT2D eigenvalue weighted by Gasteiger charge is -2.40. The normalized spacial score (nSPS) is 22.2. The van der Waals surface area contributed by atoms with Gasteiger partial charge in [-0.15, -0.1) is 0 Å². The van der Waals surface area contributed by atoms with Crippen molar-refractivity contribution in [2.45, 2.75) is 53.1 Å². The number of hydrogen-bond acceptors (Lipinski definition) is 4. The Hall–Kier alpha value is -2.26. The molecule has 2 aromatic carbocycles. The fourth-order valence-corrected chi connectivity index (χ4v) is 7.04. The summed E-state index contributed by atoms with van der Waals surface area (Å²) in [5.74, 6) is -2.18. The molecule has 0 atom stereocenters. The number of nitrogens with one attached hydrogen (secondary N) is 1. The molecule has 1 fully saturated rings. The van der Waals surface area contributed by atoms with Crippen LogP contribution in [0.5, 0.6) is 0 Å². The molecule has 1 saturated carbocycles. The third-order valence-electron chi connectivity index (χ3n) is 5.85. The first-order chi connectivity index (χ1) is 15.9. The van der Waals surface area contributed by atoms with Crippen molar-refractivity contribution < 1.29 is 52.0 Å². The van der Waals surface area contributed by atoms with Crippen LogP contribution in [0.15, 0.2) is 47.4 Å². The van der Waals surface area contributed by atoms with Gasteiger partial charge in [-0.25, -0.2) is 30.3 Å². The Balaban J connectivity index is 2.06. The molecule has 0 spiro atoms. The van der Waals surface area contributed by atoms with Gasteiger partial charge in [-0.1, -0.05) is 0 Å². The molecule has 5 nitrogen and oxygen atoms in total. The van der Waals surface area contributed by atoms with Crippen LogP contribution in [-0.4, -0.2) is 28.4 Å². The van der Waals surface area contributed by atoms with Gasteiger partial charge in [0.25, 0.3) is 0 Å². The summed E-state index contributed by atoms with van der Waals surface area (Å²) in [5, 5.41) is 0. The smallest absolute Gasteiger partial charge is 0.223 e. The second kappa shape index (κ2) is 9.00. The monoisotopic (exact) mass is 551 g/mol. The largest absolute Gasteiger partial charge is 0.511 e. The topological polar surface area (TPSA) is 80.3 Å². The Morgan fingerprint density at radius 1 is 0.829 bits per heavy atom. The van der Waals surface area contributed by atoms with Crippen molar-refractivity contribution in [3.05, 3.63) is 65.2 Å². The van der Waals surface area contributed by atoms with Crippen molar-refractivity contribution in [1.82, 2.24) is 4.72 Å². The van der Waals surface area contributed by atoms with Crippen molar-refractivity contribution in [2.24, 2.45) is 0 Å². The van der Waals surface area contributed by atoms with Crippen molar-refractivity contribution in [3.8, 4) is 0 Å². The Labute approximate surface area is 195 Å². The number of benzene rings is 2. The summed E-state index contributed by atoms with van der Waals surface area (Å²) in [5.41, 5.74) is -7.44. The average Bonchev–Trinajstić information content (AvgIpc) is 2.74. The lowest BCUT2D eigenvalue weighted by Crippen LogP contribution is -2.48. The van der Waals surface area contributed by atoms with E-state index in [1.807, 2.05) is 0 Å². The van der Waals surface area contributed by atoms with Crippen LogP contribution >= 0.6 is 0 Å². The molecule has 0 heterocycles. The lowest BCUT2D eigenvalue weighted by molar-refractivity contribution is -0.137. The number of alkyl halides is 6. The first-order valence-corrected chi connectivity index (χ1v) is 12.8. The molecule has 3 rings (SSSR count). The van der Waals surface area contributed by atoms with Gasteiger partial charge in [-0.05, 0) is 68.1 Å². The summed E-state index contributed by atoms with van der Waals surface area (Å²) in [6, 6.07) is 2.86. The maximum Gasteiger partial charge on any atom is 0.511 e. The van der Waals surface area contributed by atoms with E-state index in [0.29, 0.717) is 42.5 Å². The fourth-order valence-electron chi connectivity index (χ4n) is 4.07. The molecular weight excluding hydrogens is 534 g/mol. The molecule has 1 aliphatic carbocycles. The van der Waals surface area contributed by atoms with Gasteiger partial charge in [0.15, 0.2) is 9.84 Å². The molecule has 1 aliphatic rings. The van der Waals surface area contributed by atoms with E-state index in [1.54, 1.807) is 0 Å². The Kier molecular flexibility index (Phi) is 7.02. The van der Waals surface area contributed by atoms with E-state index in [9.17, 15) is 52.0 Å². The fraction of sp³-hybridized carbons (Fsp3) is 0.400. The Bertz CT molecular complexity index is 1300. The predicted molar refractivity (Wildman–Crippen MR) is 107 cm³/mol. The molecule has 0 saturated heterocycles. The van der Waals surface area contributed by atoms with Crippen LogP contribution in [0.2, 0.25) is 0 Å². The molecule has 0 unspecified atom stereocenters. The number of hydrogen-bond donors (Lipinski definition) is 1. The first kappa shape index (κ1) is 27.3. The highest BCUT2D eigenvalue weighted by atomic mass is 32.2. The van der Waals surface area contributed by atoms with Crippen LogP contribution < -0.4 is 4.72 Å². The van der Waals surface area contributed by atoms with Gasteiger partial charge in [0.05, 0.1) is 10.5 Å². The van der Waals surface area contributed by atoms with Crippen molar-refractivity contribution in [3.63, 3.8) is 0 Å². The van der Waals surface area contributed by atoms with Gasteiger partial charge in [-0.2, -0.15) is 26.3 Å². The molecular formula is C20H17F8NO4S2. The van der Waals surface area contributed by atoms with E-state index in [4.69, 9.17) is 0 Å². The molecule has 2 aromatic rings. The summed E-state index contributed by atoms with van der Waals surface area (Å²) < 4.78 is 155. The van der Waals surface area contributed by atoms with E-state index < -0.39 is 95.7 Å². The van der Waals surface area contributed by atoms with Crippen molar-refractivity contribution >= 4 is 19.9 Å². The van der Waals surface area contributed by atoms with E-state index >= 15 is 0 Å². The van der Waals surface area contributed by atoms with Gasteiger partial charge in [0.2, 0.25) is 0 Å². The minimum atomic E-state index is -5.76. The van der Waals surface area contributed by atoms with Gasteiger partial charge in [0, 0.05) is 11.6 Å². The zero-order chi connectivity index (χ0) is 26.4. The van der Waals surface area contributed by atoms with Crippen LogP contribution in [-0.2, 0) is 30.8 Å². The summed E-state index contributed by atoms with van der Waals surface area (Å²) in [7, 11) is -10.5. The van der Waals surface area contributed by atoms with Crippen LogP contribution in [0, 0.1) is 11.6 Å². The molecule has 35 heavy (non-hydrogen) atoms. The number of sulfone groups is 1. The second-order valence-corrected chi connectivity index (χ2v) is 12.0. The molecule has 1 N–H and O–H groups in total. The zero-order valence-corrected chi connectivity index (χ0v) is 19.1. The van der Waals surface area contributed by atoms with Gasteiger partial charge >= 0.3 is 21.7 Å². The van der Waals surface area contributed by atoms with Crippen LogP contribution in [0.1, 0.15) is 36.8 Å². The summed E-state index contributed by atoms with van der Waals surface area (Å²) in [6.07, 6.45) is -7.07. The van der Waals surface area contributed by atoms with E-state index in [2.05, 4.69) is 0 Å². The first-order valence-electron chi connectivity index (χ1n) is 9.87. The quantitative estimate of drug-likeness (QED) is 0.529. The molecule has 0 aliphatic heterocycles. The maximum atomic E-state index is 14.7. The van der Waals surface area contributed by atoms with Crippen molar-refractivity contribution in [2.75, 3.05) is 0 Å². The highest BCUT2D eigenvalue weighted by molar-refractivity contribution is 7.92. The third-order valence-corrected chi connectivity index (χ3v) is 9.65. The van der Waals surface area contributed by atoms with Crippen LogP contribution in [0.4, 0.5) is 35.1 Å². The SMILES string of the molecule is O=S(=O)(NC1CCC(c2cc(F)ccc2F)(S(=O)(=O)c2ccc(C(F)(F)F)cc2)CC1)C(F)(F)F. The molecule has 0 amide bonds. The van der Waals surface area contributed by atoms with Crippen LogP contribution in [0.3, 0.4) is 0 Å². The van der Waals surface area contributed by atoms with E-state index in [-0.39, 0.29) is 0 Å². The summed E-state index contributed by atoms with van der Waals surface area (Å²) in [6.45, 7) is 0. The number of sulfonamides is 1. The molecule has 15 heteroatoms. The summed E-state index contributed by atoms with van der Waals surface area (Å²) in [4.78, 5) is -0.650. The van der Waals surface area contributed by atoms with Gasteiger partial charge in [-0.3, -0.25) is 0 Å². The third kappa shape index (κ3) is 5.16. The van der Waals surface area contributed by atoms with Crippen molar-refractivity contribution in [1.29, 1.82) is 0 Å². The van der Waals surface area contributed by atoms with Crippen LogP contribution in [0.25, 0.3) is 0 Å². The Morgan fingerprint density at radius 3 is 1.86 bits per heavy atom. The Morgan fingerprint density at radius 2 is 1.37 bits per heavy atom. The highest BCUT2D eigenvalue weighted by Gasteiger charge is 2.52. The average molecular weight is 551 g/mol.